The third-order valence-corrected chi connectivity index (χ3v) is 3.94. The van der Waals surface area contributed by atoms with Gasteiger partial charge in [-0.05, 0) is 37.1 Å². The van der Waals surface area contributed by atoms with Gasteiger partial charge in [-0.3, -0.25) is 0 Å². The van der Waals surface area contributed by atoms with Crippen molar-refractivity contribution in [2.24, 2.45) is 0 Å². The molecular weight excluding hydrogens is 329 g/mol. The summed E-state index contributed by atoms with van der Waals surface area (Å²) < 4.78 is 40.3. The first-order valence-corrected chi connectivity index (χ1v) is 8.22. The summed E-state index contributed by atoms with van der Waals surface area (Å²) in [6.07, 6.45) is -4.66. The molecule has 2 atom stereocenters. The van der Waals surface area contributed by atoms with Crippen LogP contribution in [0.5, 0.6) is 5.75 Å². The van der Waals surface area contributed by atoms with Gasteiger partial charge in [0.15, 0.2) is 0 Å². The fourth-order valence-electron chi connectivity index (χ4n) is 2.51. The molecule has 0 unspecified atom stereocenters. The molecule has 2 N–H and O–H groups in total. The normalized spacial score (nSPS) is 14.1. The average Bonchev–Trinajstić information content (AvgIpc) is 2.58. The van der Waals surface area contributed by atoms with Crippen LogP contribution in [-0.2, 0) is 0 Å². The highest BCUT2D eigenvalue weighted by molar-refractivity contribution is 5.29. The van der Waals surface area contributed by atoms with Gasteiger partial charge in [-0.15, -0.1) is 13.2 Å². The first-order chi connectivity index (χ1) is 11.8. The first-order valence-electron chi connectivity index (χ1n) is 8.22. The zero-order valence-electron chi connectivity index (χ0n) is 14.3. The summed E-state index contributed by atoms with van der Waals surface area (Å²) in [7, 11) is 0. The van der Waals surface area contributed by atoms with Gasteiger partial charge in [0.1, 0.15) is 5.75 Å². The van der Waals surface area contributed by atoms with Crippen molar-refractivity contribution >= 4 is 0 Å². The minimum atomic E-state index is -4.66. The maximum atomic E-state index is 12.2. The Bertz CT molecular complexity index is 629. The summed E-state index contributed by atoms with van der Waals surface area (Å²) in [5.74, 6) is -0.207. The highest BCUT2D eigenvalue weighted by atomic mass is 19.4. The minimum Gasteiger partial charge on any atom is -0.406 e. The quantitative estimate of drug-likeness (QED) is 0.682. The molecule has 0 saturated carbocycles. The molecule has 2 aromatic rings. The second-order valence-electron chi connectivity index (χ2n) is 5.88. The molecule has 0 spiro atoms. The Labute approximate surface area is 146 Å². The highest BCUT2D eigenvalue weighted by Gasteiger charge is 2.30. The van der Waals surface area contributed by atoms with Gasteiger partial charge in [0, 0.05) is 25.2 Å². The van der Waals surface area contributed by atoms with E-state index in [4.69, 9.17) is 0 Å². The van der Waals surface area contributed by atoms with Crippen molar-refractivity contribution in [1.82, 2.24) is 10.6 Å². The highest BCUT2D eigenvalue weighted by Crippen LogP contribution is 2.24. The second kappa shape index (κ2) is 8.87. The van der Waals surface area contributed by atoms with Crippen molar-refractivity contribution in [3.8, 4) is 5.75 Å². The van der Waals surface area contributed by atoms with Gasteiger partial charge in [0.2, 0.25) is 0 Å². The van der Waals surface area contributed by atoms with Gasteiger partial charge in [0.25, 0.3) is 0 Å². The second-order valence-corrected chi connectivity index (χ2v) is 5.88. The largest absolute Gasteiger partial charge is 0.573 e. The van der Waals surface area contributed by atoms with E-state index in [9.17, 15) is 13.2 Å². The number of rotatable bonds is 8. The van der Waals surface area contributed by atoms with Crippen molar-refractivity contribution < 1.29 is 17.9 Å². The molecule has 0 saturated heterocycles. The van der Waals surface area contributed by atoms with Gasteiger partial charge < -0.3 is 15.4 Å². The summed E-state index contributed by atoms with van der Waals surface area (Å²) in [5, 5.41) is 6.78. The van der Waals surface area contributed by atoms with Crippen LogP contribution in [0, 0.1) is 0 Å². The third kappa shape index (κ3) is 6.76. The van der Waals surface area contributed by atoms with E-state index in [1.807, 2.05) is 25.1 Å². The van der Waals surface area contributed by atoms with Crippen LogP contribution in [0.3, 0.4) is 0 Å². The number of ether oxygens (including phenoxy) is 1. The van der Waals surface area contributed by atoms with E-state index in [0.29, 0.717) is 0 Å². The van der Waals surface area contributed by atoms with Crippen LogP contribution in [0.4, 0.5) is 13.2 Å². The summed E-state index contributed by atoms with van der Waals surface area (Å²) in [6, 6.07) is 16.4. The predicted molar refractivity (Wildman–Crippen MR) is 92.4 cm³/mol. The van der Waals surface area contributed by atoms with E-state index in [1.54, 1.807) is 12.1 Å². The summed E-state index contributed by atoms with van der Waals surface area (Å²) >= 11 is 0. The lowest BCUT2D eigenvalue weighted by Gasteiger charge is -2.18. The molecule has 0 aromatic heterocycles. The van der Waals surface area contributed by atoms with E-state index in [0.717, 1.165) is 18.7 Å². The Balaban J connectivity index is 1.74. The van der Waals surface area contributed by atoms with Crippen LogP contribution in [0.2, 0.25) is 0 Å². The van der Waals surface area contributed by atoms with E-state index >= 15 is 0 Å². The number of alkyl halides is 3. The number of nitrogens with one attached hydrogen (secondary N) is 2. The topological polar surface area (TPSA) is 33.3 Å². The summed E-state index contributed by atoms with van der Waals surface area (Å²) in [6.45, 7) is 5.62. The molecule has 6 heteroatoms. The number of halogens is 3. The standard InChI is InChI=1S/C19H23F3N2O/c1-14(16-6-4-3-5-7-16)23-12-13-24-15(2)17-8-10-18(11-9-17)25-19(20,21)22/h3-11,14-15,23-24H,12-13H2,1-2H3/t14-,15-/m0/s1. The SMILES string of the molecule is C[C@H](NCCN[C@@H](C)c1ccc(OC(F)(F)F)cc1)c1ccccc1. The molecule has 136 valence electrons. The van der Waals surface area contributed by atoms with Crippen molar-refractivity contribution in [3.05, 3.63) is 65.7 Å². The van der Waals surface area contributed by atoms with Gasteiger partial charge in [-0.2, -0.15) is 0 Å². The van der Waals surface area contributed by atoms with Gasteiger partial charge in [-0.1, -0.05) is 42.5 Å². The van der Waals surface area contributed by atoms with Crippen LogP contribution in [-0.4, -0.2) is 19.5 Å². The predicted octanol–water partition coefficient (Wildman–Crippen LogP) is 4.59. The minimum absolute atomic E-state index is 0.0359. The van der Waals surface area contributed by atoms with Crippen LogP contribution in [0.25, 0.3) is 0 Å². The maximum absolute atomic E-state index is 12.2. The average molecular weight is 352 g/mol. The lowest BCUT2D eigenvalue weighted by Crippen LogP contribution is -2.30. The van der Waals surface area contributed by atoms with Crippen molar-refractivity contribution in [2.45, 2.75) is 32.3 Å². The maximum Gasteiger partial charge on any atom is 0.573 e. The molecule has 0 fully saturated rings. The molecule has 2 aromatic carbocycles. The Morgan fingerprint density at radius 2 is 1.28 bits per heavy atom. The monoisotopic (exact) mass is 352 g/mol. The molecule has 2 rings (SSSR count). The Kier molecular flexibility index (Phi) is 6.84. The lowest BCUT2D eigenvalue weighted by molar-refractivity contribution is -0.274. The molecule has 25 heavy (non-hydrogen) atoms. The molecular formula is C19H23F3N2O. The zero-order chi connectivity index (χ0) is 18.3. The Morgan fingerprint density at radius 3 is 1.76 bits per heavy atom. The molecule has 0 amide bonds. The molecule has 0 aliphatic carbocycles. The fraction of sp³-hybridized carbons (Fsp3) is 0.368. The van der Waals surface area contributed by atoms with E-state index in [1.165, 1.54) is 17.7 Å². The van der Waals surface area contributed by atoms with Crippen LogP contribution < -0.4 is 15.4 Å². The fourth-order valence-corrected chi connectivity index (χ4v) is 2.51. The molecule has 0 bridgehead atoms. The molecule has 0 aliphatic heterocycles. The molecule has 0 aliphatic rings. The Hall–Kier alpha value is -2.05. The number of hydrogen-bond donors (Lipinski definition) is 2. The van der Waals surface area contributed by atoms with Gasteiger partial charge in [-0.25, -0.2) is 0 Å². The van der Waals surface area contributed by atoms with Gasteiger partial charge in [0.05, 0.1) is 0 Å². The molecule has 0 radical (unpaired) electrons. The van der Waals surface area contributed by atoms with Crippen molar-refractivity contribution in [2.75, 3.05) is 13.1 Å². The van der Waals surface area contributed by atoms with E-state index < -0.39 is 6.36 Å². The van der Waals surface area contributed by atoms with Crippen LogP contribution in [0.15, 0.2) is 54.6 Å². The zero-order valence-corrected chi connectivity index (χ0v) is 14.3. The summed E-state index contributed by atoms with van der Waals surface area (Å²) in [5.41, 5.74) is 2.14. The summed E-state index contributed by atoms with van der Waals surface area (Å²) in [4.78, 5) is 0. The van der Waals surface area contributed by atoms with E-state index in [2.05, 4.69) is 34.4 Å². The van der Waals surface area contributed by atoms with Crippen LogP contribution >= 0.6 is 0 Å². The smallest absolute Gasteiger partial charge is 0.406 e. The number of benzene rings is 2. The van der Waals surface area contributed by atoms with E-state index in [-0.39, 0.29) is 17.8 Å². The van der Waals surface area contributed by atoms with Crippen LogP contribution in [0.1, 0.15) is 37.1 Å². The van der Waals surface area contributed by atoms with Crippen molar-refractivity contribution in [1.29, 1.82) is 0 Å². The van der Waals surface area contributed by atoms with Gasteiger partial charge >= 0.3 is 6.36 Å². The lowest BCUT2D eigenvalue weighted by atomic mass is 10.1. The van der Waals surface area contributed by atoms with Crippen molar-refractivity contribution in [3.63, 3.8) is 0 Å². The Morgan fingerprint density at radius 1 is 0.800 bits per heavy atom. The molecule has 3 nitrogen and oxygen atoms in total. The first kappa shape index (κ1) is 19.3. The third-order valence-electron chi connectivity index (χ3n) is 3.94. The molecule has 0 heterocycles. The number of hydrogen-bond acceptors (Lipinski definition) is 3.